The van der Waals surface area contributed by atoms with E-state index in [0.717, 1.165) is 12.1 Å². The van der Waals surface area contributed by atoms with E-state index in [0.29, 0.717) is 29.8 Å². The summed E-state index contributed by atoms with van der Waals surface area (Å²) in [6.45, 7) is 0.335. The fraction of sp³-hybridized carbons (Fsp3) is 0.278. The van der Waals surface area contributed by atoms with Gasteiger partial charge in [0.15, 0.2) is 0 Å². The fourth-order valence-electron chi connectivity index (χ4n) is 2.78. The molecule has 1 aliphatic heterocycles. The van der Waals surface area contributed by atoms with Crippen molar-refractivity contribution in [2.45, 2.75) is 18.6 Å². The van der Waals surface area contributed by atoms with Crippen LogP contribution >= 0.6 is 11.6 Å². The number of halogens is 3. The van der Waals surface area contributed by atoms with Gasteiger partial charge in [0.1, 0.15) is 29.6 Å². The first-order valence-corrected chi connectivity index (χ1v) is 8.16. The molecule has 4 nitrogen and oxygen atoms in total. The average molecular weight is 368 g/mol. The molecule has 2 atom stereocenters. The topological polar surface area (TPSA) is 49.8 Å². The van der Waals surface area contributed by atoms with Crippen molar-refractivity contribution < 1.29 is 23.4 Å². The number of carbonyl (C=O) groups is 1. The van der Waals surface area contributed by atoms with Gasteiger partial charge in [-0.3, -0.25) is 4.79 Å². The maximum atomic E-state index is 13.3. The van der Waals surface area contributed by atoms with Crippen LogP contribution in [0.1, 0.15) is 16.8 Å². The molecule has 2 aromatic rings. The Labute approximate surface area is 148 Å². The van der Waals surface area contributed by atoms with Crippen molar-refractivity contribution in [2.24, 2.45) is 0 Å². The zero-order chi connectivity index (χ0) is 18.0. The molecule has 1 saturated heterocycles. The second kappa shape index (κ2) is 7.37. The molecule has 0 aromatic heterocycles. The zero-order valence-electron chi connectivity index (χ0n) is 13.2. The number of piperidine rings is 1. The second-order valence-electron chi connectivity index (χ2n) is 5.88. The standard InChI is InChI=1S/C18H16ClF2NO3/c19-12-1-3-15(4-2-12)25-17-5-6-22(10-16(17)23)18(24)11-7-13(20)9-14(21)8-11/h1-4,7-9,16-17,23H,5-6,10H2/t16-,17-/m1/s1. The van der Waals surface area contributed by atoms with E-state index < -0.39 is 29.7 Å². The van der Waals surface area contributed by atoms with E-state index >= 15 is 0 Å². The van der Waals surface area contributed by atoms with Crippen molar-refractivity contribution in [3.63, 3.8) is 0 Å². The first-order chi connectivity index (χ1) is 11.9. The molecule has 3 rings (SSSR count). The minimum absolute atomic E-state index is 0.0230. The van der Waals surface area contributed by atoms with Gasteiger partial charge in [-0.15, -0.1) is 0 Å². The number of hydrogen-bond acceptors (Lipinski definition) is 3. The maximum Gasteiger partial charge on any atom is 0.254 e. The first-order valence-electron chi connectivity index (χ1n) is 7.78. The van der Waals surface area contributed by atoms with E-state index in [1.807, 2.05) is 0 Å². The van der Waals surface area contributed by atoms with E-state index in [9.17, 15) is 18.7 Å². The van der Waals surface area contributed by atoms with Crippen LogP contribution < -0.4 is 4.74 Å². The molecule has 0 aliphatic carbocycles. The number of rotatable bonds is 3. The number of carbonyl (C=O) groups excluding carboxylic acids is 1. The van der Waals surface area contributed by atoms with Crippen molar-refractivity contribution >= 4 is 17.5 Å². The number of hydrogen-bond donors (Lipinski definition) is 1. The number of aliphatic hydroxyl groups excluding tert-OH is 1. The van der Waals surface area contributed by atoms with Crippen LogP contribution in [0.3, 0.4) is 0 Å². The van der Waals surface area contributed by atoms with Crippen molar-refractivity contribution in [1.82, 2.24) is 4.90 Å². The lowest BCUT2D eigenvalue weighted by Crippen LogP contribution is -2.51. The highest BCUT2D eigenvalue weighted by molar-refractivity contribution is 6.30. The summed E-state index contributed by atoms with van der Waals surface area (Å²) in [6, 6.07) is 9.42. The Kier molecular flexibility index (Phi) is 5.20. The monoisotopic (exact) mass is 367 g/mol. The van der Waals surface area contributed by atoms with Gasteiger partial charge in [0.25, 0.3) is 5.91 Å². The highest BCUT2D eigenvalue weighted by atomic mass is 35.5. The predicted octanol–water partition coefficient (Wildman–Crippen LogP) is 3.27. The zero-order valence-corrected chi connectivity index (χ0v) is 13.9. The number of nitrogens with zero attached hydrogens (tertiary/aromatic N) is 1. The average Bonchev–Trinajstić information content (AvgIpc) is 2.57. The van der Waals surface area contributed by atoms with Crippen molar-refractivity contribution in [2.75, 3.05) is 13.1 Å². The fourth-order valence-corrected chi connectivity index (χ4v) is 2.91. The van der Waals surface area contributed by atoms with Crippen LogP contribution in [0.2, 0.25) is 5.02 Å². The van der Waals surface area contributed by atoms with Crippen LogP contribution in [-0.4, -0.2) is 41.2 Å². The number of β-amino-alcohol motifs (C(OH)–C–C–N with tert-alkyl or cyclic N) is 1. The lowest BCUT2D eigenvalue weighted by molar-refractivity contribution is -0.0199. The molecule has 0 spiro atoms. The van der Waals surface area contributed by atoms with Crippen LogP contribution in [0.5, 0.6) is 5.75 Å². The van der Waals surface area contributed by atoms with Crippen LogP contribution in [0.15, 0.2) is 42.5 Å². The van der Waals surface area contributed by atoms with Crippen LogP contribution in [-0.2, 0) is 0 Å². The summed E-state index contributed by atoms with van der Waals surface area (Å²) in [5.74, 6) is -1.59. The lowest BCUT2D eigenvalue weighted by atomic mass is 10.0. The summed E-state index contributed by atoms with van der Waals surface area (Å²) >= 11 is 5.82. The molecule has 0 bridgehead atoms. The minimum atomic E-state index is -0.910. The Morgan fingerprint density at radius 3 is 2.40 bits per heavy atom. The van der Waals surface area contributed by atoms with Gasteiger partial charge in [0.2, 0.25) is 0 Å². The van der Waals surface area contributed by atoms with Crippen LogP contribution in [0, 0.1) is 11.6 Å². The van der Waals surface area contributed by atoms with Gasteiger partial charge in [-0.05, 0) is 36.4 Å². The molecule has 1 amide bonds. The quantitative estimate of drug-likeness (QED) is 0.905. The summed E-state index contributed by atoms with van der Waals surface area (Å²) in [5, 5.41) is 10.8. The van der Waals surface area contributed by atoms with Crippen LogP contribution in [0.4, 0.5) is 8.78 Å². The Bertz CT molecular complexity index is 749. The molecule has 132 valence electrons. The molecule has 0 saturated carbocycles. The second-order valence-corrected chi connectivity index (χ2v) is 6.31. The summed E-state index contributed by atoms with van der Waals surface area (Å²) in [7, 11) is 0. The molecule has 1 N–H and O–H groups in total. The third kappa shape index (κ3) is 4.27. The highest BCUT2D eigenvalue weighted by Gasteiger charge is 2.32. The maximum absolute atomic E-state index is 13.3. The minimum Gasteiger partial charge on any atom is -0.488 e. The number of aliphatic hydroxyl groups is 1. The van der Waals surface area contributed by atoms with Gasteiger partial charge >= 0.3 is 0 Å². The summed E-state index contributed by atoms with van der Waals surface area (Å²) < 4.78 is 32.3. The van der Waals surface area contributed by atoms with Crippen molar-refractivity contribution in [3.8, 4) is 5.75 Å². The lowest BCUT2D eigenvalue weighted by Gasteiger charge is -2.36. The molecule has 0 unspecified atom stereocenters. The molecule has 25 heavy (non-hydrogen) atoms. The number of ether oxygens (including phenoxy) is 1. The third-order valence-corrected chi connectivity index (χ3v) is 4.27. The molecule has 7 heteroatoms. The Morgan fingerprint density at radius 2 is 1.80 bits per heavy atom. The smallest absolute Gasteiger partial charge is 0.254 e. The van der Waals surface area contributed by atoms with Gasteiger partial charge < -0.3 is 14.7 Å². The highest BCUT2D eigenvalue weighted by Crippen LogP contribution is 2.22. The first kappa shape index (κ1) is 17.6. The third-order valence-electron chi connectivity index (χ3n) is 4.02. The molecule has 1 fully saturated rings. The van der Waals surface area contributed by atoms with Gasteiger partial charge in [-0.25, -0.2) is 8.78 Å². The van der Waals surface area contributed by atoms with Gasteiger partial charge in [-0.2, -0.15) is 0 Å². The Morgan fingerprint density at radius 1 is 1.16 bits per heavy atom. The summed E-state index contributed by atoms with van der Waals surface area (Å²) in [6.07, 6.45) is -0.992. The molecule has 2 aromatic carbocycles. The summed E-state index contributed by atoms with van der Waals surface area (Å²) in [4.78, 5) is 13.7. The van der Waals surface area contributed by atoms with Gasteiger partial charge in [0.05, 0.1) is 6.54 Å². The molecular weight excluding hydrogens is 352 g/mol. The van der Waals surface area contributed by atoms with E-state index in [4.69, 9.17) is 16.3 Å². The summed E-state index contributed by atoms with van der Waals surface area (Å²) in [5.41, 5.74) is -0.0817. The normalized spacial score (nSPS) is 20.4. The number of benzene rings is 2. The molecule has 0 radical (unpaired) electrons. The molecular formula is C18H16ClF2NO3. The molecule has 1 aliphatic rings. The van der Waals surface area contributed by atoms with Gasteiger partial charge in [-0.1, -0.05) is 11.6 Å². The van der Waals surface area contributed by atoms with Crippen molar-refractivity contribution in [3.05, 3.63) is 64.7 Å². The van der Waals surface area contributed by atoms with E-state index in [-0.39, 0.29) is 12.1 Å². The largest absolute Gasteiger partial charge is 0.488 e. The van der Waals surface area contributed by atoms with Gasteiger partial charge in [0, 0.05) is 29.6 Å². The molecule has 1 heterocycles. The number of likely N-dealkylation sites (tertiary alicyclic amines) is 1. The van der Waals surface area contributed by atoms with E-state index in [1.165, 1.54) is 4.90 Å². The van der Waals surface area contributed by atoms with Crippen molar-refractivity contribution in [1.29, 1.82) is 0 Å². The Hall–Kier alpha value is -2.18. The SMILES string of the molecule is O=C(c1cc(F)cc(F)c1)N1CC[C@@H](Oc2ccc(Cl)cc2)[C@H](O)C1. The van der Waals surface area contributed by atoms with E-state index in [1.54, 1.807) is 24.3 Å². The Balaban J connectivity index is 1.64. The van der Waals surface area contributed by atoms with E-state index in [2.05, 4.69) is 0 Å². The predicted molar refractivity (Wildman–Crippen MR) is 88.8 cm³/mol. The van der Waals surface area contributed by atoms with Crippen LogP contribution in [0.25, 0.3) is 0 Å². The number of amides is 1.